The van der Waals surface area contributed by atoms with Crippen LogP contribution in [0.1, 0.15) is 12.5 Å². The zero-order valence-electron chi connectivity index (χ0n) is 8.98. The van der Waals surface area contributed by atoms with Crippen molar-refractivity contribution in [1.82, 2.24) is 0 Å². The van der Waals surface area contributed by atoms with Gasteiger partial charge in [-0.15, -0.1) is 0 Å². The number of nitrogens with one attached hydrogen (secondary N) is 1. The summed E-state index contributed by atoms with van der Waals surface area (Å²) in [5.74, 6) is 0.0443. The minimum absolute atomic E-state index is 0.0216. The van der Waals surface area contributed by atoms with Gasteiger partial charge < -0.3 is 11.1 Å². The van der Waals surface area contributed by atoms with Crippen molar-refractivity contribution in [2.75, 3.05) is 11.9 Å². The Balaban J connectivity index is 3.02. The second-order valence-electron chi connectivity index (χ2n) is 3.21. The molecule has 17 heavy (non-hydrogen) atoms. The highest BCUT2D eigenvalue weighted by molar-refractivity contribution is 6.31. The third-order valence-corrected chi connectivity index (χ3v) is 2.04. The minimum Gasteiger partial charge on any atom is -0.370 e. The molecule has 0 aliphatic carbocycles. The highest BCUT2D eigenvalue weighted by Crippen LogP contribution is 2.33. The number of benzene rings is 1. The molecule has 0 saturated carbocycles. The Morgan fingerprint density at radius 2 is 2.06 bits per heavy atom. The van der Waals surface area contributed by atoms with Crippen LogP contribution >= 0.6 is 11.6 Å². The van der Waals surface area contributed by atoms with Crippen LogP contribution in [0.5, 0.6) is 0 Å². The minimum atomic E-state index is -4.45. The number of hydrogen-bond donors (Lipinski definition) is 2. The third kappa shape index (κ3) is 4.14. The molecule has 0 saturated heterocycles. The Labute approximate surface area is 101 Å². The summed E-state index contributed by atoms with van der Waals surface area (Å²) in [6.45, 7) is 2.19. The van der Waals surface area contributed by atoms with E-state index >= 15 is 0 Å². The standard InChI is InChI=1S/C10H11ClF3N3/c1-2-16-9(15)17-8-4-6(10(12,13)14)3-7(11)5-8/h3-5H,2H2,1H3,(H3,15,16,17). The number of aliphatic imine (C=N–C) groups is 1. The lowest BCUT2D eigenvalue weighted by molar-refractivity contribution is -0.137. The molecule has 3 nitrogen and oxygen atoms in total. The number of guanidine groups is 1. The van der Waals surface area contributed by atoms with Crippen LogP contribution in [0.15, 0.2) is 23.2 Å². The topological polar surface area (TPSA) is 50.4 Å². The predicted molar refractivity (Wildman–Crippen MR) is 62.2 cm³/mol. The Kier molecular flexibility index (Phi) is 4.22. The zero-order valence-corrected chi connectivity index (χ0v) is 9.73. The van der Waals surface area contributed by atoms with Crippen LogP contribution in [-0.4, -0.2) is 12.5 Å². The lowest BCUT2D eigenvalue weighted by atomic mass is 10.2. The summed E-state index contributed by atoms with van der Waals surface area (Å²) < 4.78 is 37.5. The van der Waals surface area contributed by atoms with Gasteiger partial charge in [-0.2, -0.15) is 13.2 Å². The first-order valence-electron chi connectivity index (χ1n) is 4.77. The number of nitrogens with zero attached hydrogens (tertiary/aromatic N) is 1. The van der Waals surface area contributed by atoms with Gasteiger partial charge in [-0.05, 0) is 25.1 Å². The summed E-state index contributed by atoms with van der Waals surface area (Å²) in [5.41, 5.74) is 4.76. The number of alkyl halides is 3. The van der Waals surface area contributed by atoms with Gasteiger partial charge in [0, 0.05) is 17.3 Å². The summed E-state index contributed by atoms with van der Waals surface area (Å²) in [5, 5.41) is 2.52. The molecule has 0 bridgehead atoms. The SMILES string of the molecule is CCN=C(N)Nc1cc(Cl)cc(C(F)(F)F)c1. The maximum Gasteiger partial charge on any atom is 0.416 e. The van der Waals surface area contributed by atoms with E-state index in [-0.39, 0.29) is 16.7 Å². The summed E-state index contributed by atoms with van der Waals surface area (Å²) in [4.78, 5) is 3.80. The lowest BCUT2D eigenvalue weighted by Gasteiger charge is -2.11. The van der Waals surface area contributed by atoms with Crippen LogP contribution in [0.3, 0.4) is 0 Å². The van der Waals surface area contributed by atoms with E-state index in [9.17, 15) is 13.2 Å². The first-order valence-corrected chi connectivity index (χ1v) is 5.15. The van der Waals surface area contributed by atoms with E-state index in [1.54, 1.807) is 6.92 Å². The molecule has 94 valence electrons. The van der Waals surface area contributed by atoms with E-state index in [4.69, 9.17) is 17.3 Å². The molecule has 0 fully saturated rings. The fourth-order valence-electron chi connectivity index (χ4n) is 1.18. The normalized spacial score (nSPS) is 12.6. The first-order chi connectivity index (χ1) is 7.82. The summed E-state index contributed by atoms with van der Waals surface area (Å²) >= 11 is 5.60. The van der Waals surface area contributed by atoms with Gasteiger partial charge in [0.15, 0.2) is 5.96 Å². The van der Waals surface area contributed by atoms with Gasteiger partial charge in [0.1, 0.15) is 0 Å². The van der Waals surface area contributed by atoms with Gasteiger partial charge in [0.05, 0.1) is 5.56 Å². The second kappa shape index (κ2) is 5.27. The van der Waals surface area contributed by atoms with Crippen LogP contribution in [0.4, 0.5) is 18.9 Å². The number of nitrogens with two attached hydrogens (primary N) is 1. The number of rotatable bonds is 2. The van der Waals surface area contributed by atoms with Crippen molar-refractivity contribution in [2.45, 2.75) is 13.1 Å². The van der Waals surface area contributed by atoms with Gasteiger partial charge in [-0.25, -0.2) is 0 Å². The molecule has 0 aromatic heterocycles. The molecule has 1 aromatic rings. The number of anilines is 1. The third-order valence-electron chi connectivity index (χ3n) is 1.83. The van der Waals surface area contributed by atoms with Crippen molar-refractivity contribution in [1.29, 1.82) is 0 Å². The van der Waals surface area contributed by atoms with E-state index in [2.05, 4.69) is 10.3 Å². The highest BCUT2D eigenvalue weighted by atomic mass is 35.5. The average Bonchev–Trinajstić information content (AvgIpc) is 2.15. The number of hydrogen-bond acceptors (Lipinski definition) is 1. The summed E-state index contributed by atoms with van der Waals surface area (Å²) in [6, 6.07) is 3.11. The molecule has 0 atom stereocenters. The Morgan fingerprint density at radius 3 is 2.59 bits per heavy atom. The van der Waals surface area contributed by atoms with Crippen molar-refractivity contribution in [3.8, 4) is 0 Å². The highest BCUT2D eigenvalue weighted by Gasteiger charge is 2.31. The summed E-state index contributed by atoms with van der Waals surface area (Å²) in [7, 11) is 0. The monoisotopic (exact) mass is 265 g/mol. The molecule has 0 aliphatic rings. The van der Waals surface area contributed by atoms with E-state index < -0.39 is 11.7 Å². The van der Waals surface area contributed by atoms with Crippen LogP contribution in [-0.2, 0) is 6.18 Å². The van der Waals surface area contributed by atoms with Crippen LogP contribution in [0.25, 0.3) is 0 Å². The quantitative estimate of drug-likeness (QED) is 0.638. The molecule has 0 radical (unpaired) electrons. The van der Waals surface area contributed by atoms with Crippen molar-refractivity contribution < 1.29 is 13.2 Å². The Morgan fingerprint density at radius 1 is 1.41 bits per heavy atom. The molecular formula is C10H11ClF3N3. The lowest BCUT2D eigenvalue weighted by Crippen LogP contribution is -2.23. The van der Waals surface area contributed by atoms with Crippen molar-refractivity contribution in [3.63, 3.8) is 0 Å². The van der Waals surface area contributed by atoms with Gasteiger partial charge in [0.2, 0.25) is 0 Å². The van der Waals surface area contributed by atoms with E-state index in [0.29, 0.717) is 6.54 Å². The van der Waals surface area contributed by atoms with Crippen molar-refractivity contribution in [2.24, 2.45) is 10.7 Å². The number of halogens is 4. The van der Waals surface area contributed by atoms with Crippen LogP contribution in [0, 0.1) is 0 Å². The maximum atomic E-state index is 12.5. The fraction of sp³-hybridized carbons (Fsp3) is 0.300. The molecule has 0 unspecified atom stereocenters. The van der Waals surface area contributed by atoms with Gasteiger partial charge in [-0.3, -0.25) is 4.99 Å². The molecule has 0 heterocycles. The maximum absolute atomic E-state index is 12.5. The largest absolute Gasteiger partial charge is 0.416 e. The Bertz CT molecular complexity index is 429. The average molecular weight is 266 g/mol. The fourth-order valence-corrected chi connectivity index (χ4v) is 1.42. The zero-order chi connectivity index (χ0) is 13.1. The molecular weight excluding hydrogens is 255 g/mol. The molecule has 0 aliphatic heterocycles. The van der Waals surface area contributed by atoms with Crippen molar-refractivity contribution >= 4 is 23.2 Å². The van der Waals surface area contributed by atoms with Gasteiger partial charge in [-0.1, -0.05) is 11.6 Å². The molecule has 1 aromatic carbocycles. The van der Waals surface area contributed by atoms with E-state index in [1.165, 1.54) is 6.07 Å². The first kappa shape index (κ1) is 13.6. The predicted octanol–water partition coefficient (Wildman–Crippen LogP) is 3.11. The molecule has 7 heteroatoms. The van der Waals surface area contributed by atoms with Crippen LogP contribution in [0.2, 0.25) is 5.02 Å². The van der Waals surface area contributed by atoms with Crippen LogP contribution < -0.4 is 11.1 Å². The molecule has 1 rings (SSSR count). The molecule has 0 spiro atoms. The van der Waals surface area contributed by atoms with E-state index in [0.717, 1.165) is 12.1 Å². The van der Waals surface area contributed by atoms with Crippen molar-refractivity contribution in [3.05, 3.63) is 28.8 Å². The van der Waals surface area contributed by atoms with E-state index in [1.807, 2.05) is 0 Å². The summed E-state index contributed by atoms with van der Waals surface area (Å²) in [6.07, 6.45) is -4.45. The Hall–Kier alpha value is -1.43. The van der Waals surface area contributed by atoms with Gasteiger partial charge in [0.25, 0.3) is 0 Å². The van der Waals surface area contributed by atoms with Gasteiger partial charge >= 0.3 is 6.18 Å². The second-order valence-corrected chi connectivity index (χ2v) is 3.65. The molecule has 0 amide bonds. The smallest absolute Gasteiger partial charge is 0.370 e. The molecule has 3 N–H and O–H groups in total.